The van der Waals surface area contributed by atoms with Crippen LogP contribution in [0.25, 0.3) is 0 Å². The third-order valence-corrected chi connectivity index (χ3v) is 3.17. The van der Waals surface area contributed by atoms with E-state index in [-0.39, 0.29) is 17.8 Å². The van der Waals surface area contributed by atoms with E-state index in [0.29, 0.717) is 18.8 Å². The number of nitrogens with zero attached hydrogens (tertiary/aromatic N) is 6. The Balaban J connectivity index is 1.88. The lowest BCUT2D eigenvalue weighted by Gasteiger charge is -2.16. The minimum Gasteiger partial charge on any atom is -0.347 e. The molecule has 1 N–H and O–H groups in total. The summed E-state index contributed by atoms with van der Waals surface area (Å²) in [5.41, 5.74) is 0. The Bertz CT molecular complexity index is 648. The van der Waals surface area contributed by atoms with Crippen molar-refractivity contribution in [3.8, 4) is 0 Å². The Labute approximate surface area is 127 Å². The lowest BCUT2D eigenvalue weighted by Crippen LogP contribution is -2.34. The van der Waals surface area contributed by atoms with E-state index in [1.54, 1.807) is 31.0 Å². The van der Waals surface area contributed by atoms with Crippen LogP contribution in [0.3, 0.4) is 0 Å². The number of amides is 2. The van der Waals surface area contributed by atoms with Crippen LogP contribution < -0.4 is 10.2 Å². The molecule has 9 heteroatoms. The summed E-state index contributed by atoms with van der Waals surface area (Å²) in [6.07, 6.45) is 4.51. The average molecular weight is 305 g/mol. The smallest absolute Gasteiger partial charge is 0.291 e. The fourth-order valence-electron chi connectivity index (χ4n) is 1.97. The van der Waals surface area contributed by atoms with Gasteiger partial charge in [0.2, 0.25) is 12.2 Å². The van der Waals surface area contributed by atoms with E-state index in [4.69, 9.17) is 0 Å². The normalized spacial score (nSPS) is 12.0. The fourth-order valence-corrected chi connectivity index (χ4v) is 1.97. The first kappa shape index (κ1) is 15.7. The molecular weight excluding hydrogens is 286 g/mol. The van der Waals surface area contributed by atoms with E-state index < -0.39 is 0 Å². The van der Waals surface area contributed by atoms with Crippen LogP contribution in [0, 0.1) is 0 Å². The van der Waals surface area contributed by atoms with Crippen molar-refractivity contribution in [2.45, 2.75) is 25.9 Å². The van der Waals surface area contributed by atoms with Crippen molar-refractivity contribution in [2.75, 3.05) is 11.9 Å². The Hall–Kier alpha value is -2.71. The summed E-state index contributed by atoms with van der Waals surface area (Å²) in [6, 6.07) is 1.69. The van der Waals surface area contributed by atoms with Crippen molar-refractivity contribution >= 4 is 18.1 Å². The molecule has 0 radical (unpaired) electrons. The third kappa shape index (κ3) is 3.68. The molecular formula is C13H19N7O2. The van der Waals surface area contributed by atoms with Gasteiger partial charge in [-0.05, 0) is 13.3 Å². The predicted octanol–water partition coefficient (Wildman–Crippen LogP) is -0.187. The predicted molar refractivity (Wildman–Crippen MR) is 79.2 cm³/mol. The van der Waals surface area contributed by atoms with Crippen molar-refractivity contribution in [3.63, 3.8) is 0 Å². The Morgan fingerprint density at radius 2 is 2.32 bits per heavy atom. The Kier molecular flexibility index (Phi) is 4.87. The number of rotatable bonds is 7. The number of hydrogen-bond acceptors (Lipinski definition) is 5. The summed E-state index contributed by atoms with van der Waals surface area (Å²) in [5.74, 6) is 0.550. The lowest BCUT2D eigenvalue weighted by atomic mass is 10.2. The molecule has 0 unspecified atom stereocenters. The van der Waals surface area contributed by atoms with Gasteiger partial charge in [-0.25, -0.2) is 9.67 Å². The van der Waals surface area contributed by atoms with E-state index in [9.17, 15) is 9.59 Å². The number of carbonyl (C=O) groups is 2. The van der Waals surface area contributed by atoms with Crippen molar-refractivity contribution in [2.24, 2.45) is 7.05 Å². The van der Waals surface area contributed by atoms with E-state index >= 15 is 0 Å². The molecule has 0 bridgehead atoms. The monoisotopic (exact) mass is 305 g/mol. The first-order chi connectivity index (χ1) is 10.5. The van der Waals surface area contributed by atoms with E-state index in [0.717, 1.165) is 6.41 Å². The third-order valence-electron chi connectivity index (χ3n) is 3.17. The largest absolute Gasteiger partial charge is 0.347 e. The van der Waals surface area contributed by atoms with Crippen LogP contribution in [0.1, 0.15) is 24.0 Å². The molecule has 0 aliphatic heterocycles. The Morgan fingerprint density at radius 1 is 1.55 bits per heavy atom. The van der Waals surface area contributed by atoms with Gasteiger partial charge in [0.25, 0.3) is 5.91 Å². The zero-order valence-corrected chi connectivity index (χ0v) is 12.8. The second kappa shape index (κ2) is 6.83. The summed E-state index contributed by atoms with van der Waals surface area (Å²) in [5, 5.41) is 11.0. The molecule has 1 atom stereocenters. The van der Waals surface area contributed by atoms with Gasteiger partial charge in [-0.2, -0.15) is 5.10 Å². The fraction of sp³-hybridized carbons (Fsp3) is 0.462. The van der Waals surface area contributed by atoms with Crippen molar-refractivity contribution in [1.29, 1.82) is 0 Å². The lowest BCUT2D eigenvalue weighted by molar-refractivity contribution is -0.107. The topological polar surface area (TPSA) is 97.9 Å². The zero-order chi connectivity index (χ0) is 16.1. The SMILES string of the molecule is C[C@H](CCn1nccc1N(C)C=O)NC(=O)c1ncn(C)n1. The van der Waals surface area contributed by atoms with Crippen LogP contribution in [-0.4, -0.2) is 50.0 Å². The van der Waals surface area contributed by atoms with Crippen LogP contribution in [0.4, 0.5) is 5.82 Å². The van der Waals surface area contributed by atoms with Gasteiger partial charge in [0.05, 0.1) is 6.20 Å². The maximum Gasteiger partial charge on any atom is 0.291 e. The van der Waals surface area contributed by atoms with Crippen LogP contribution in [-0.2, 0) is 18.4 Å². The molecule has 2 rings (SSSR count). The summed E-state index contributed by atoms with van der Waals surface area (Å²) >= 11 is 0. The van der Waals surface area contributed by atoms with Crippen LogP contribution >= 0.6 is 0 Å². The highest BCUT2D eigenvalue weighted by atomic mass is 16.2. The molecule has 2 aromatic rings. The zero-order valence-electron chi connectivity index (χ0n) is 12.8. The van der Waals surface area contributed by atoms with E-state index in [1.165, 1.54) is 15.9 Å². The maximum absolute atomic E-state index is 11.9. The Morgan fingerprint density at radius 3 is 2.95 bits per heavy atom. The molecule has 2 amide bonds. The van der Waals surface area contributed by atoms with Gasteiger partial charge in [0, 0.05) is 32.7 Å². The first-order valence-electron chi connectivity index (χ1n) is 6.87. The second-order valence-electron chi connectivity index (χ2n) is 5.03. The molecule has 22 heavy (non-hydrogen) atoms. The molecule has 9 nitrogen and oxygen atoms in total. The van der Waals surface area contributed by atoms with E-state index in [1.807, 2.05) is 6.92 Å². The summed E-state index contributed by atoms with van der Waals surface area (Å²) in [6.45, 7) is 2.48. The highest BCUT2D eigenvalue weighted by Gasteiger charge is 2.14. The number of anilines is 1. The number of aryl methyl sites for hydroxylation is 2. The molecule has 0 aliphatic carbocycles. The molecule has 0 aromatic carbocycles. The molecule has 0 fully saturated rings. The maximum atomic E-state index is 11.9. The highest BCUT2D eigenvalue weighted by Crippen LogP contribution is 2.11. The van der Waals surface area contributed by atoms with Gasteiger partial charge in [-0.15, -0.1) is 5.10 Å². The van der Waals surface area contributed by atoms with Crippen molar-refractivity contribution < 1.29 is 9.59 Å². The second-order valence-corrected chi connectivity index (χ2v) is 5.03. The number of aromatic nitrogens is 5. The molecule has 0 aliphatic rings. The van der Waals surface area contributed by atoms with Crippen molar-refractivity contribution in [3.05, 3.63) is 24.4 Å². The summed E-state index contributed by atoms with van der Waals surface area (Å²) in [4.78, 5) is 28.1. The molecule has 0 saturated carbocycles. The number of hydrogen-bond donors (Lipinski definition) is 1. The van der Waals surface area contributed by atoms with Gasteiger partial charge >= 0.3 is 0 Å². The van der Waals surface area contributed by atoms with Gasteiger partial charge in [-0.3, -0.25) is 14.3 Å². The minimum absolute atomic E-state index is 0.0742. The minimum atomic E-state index is -0.307. The standard InChI is InChI=1S/C13H19N7O2/c1-10(16-13(22)12-14-8-19(3)17-12)5-7-20-11(4-6-15-20)18(2)9-21/h4,6,8-10H,5,7H2,1-3H3,(H,16,22)/t10-/m1/s1. The molecule has 2 heterocycles. The number of carbonyl (C=O) groups excluding carboxylic acids is 2. The first-order valence-corrected chi connectivity index (χ1v) is 6.87. The molecule has 118 valence electrons. The van der Waals surface area contributed by atoms with Gasteiger partial charge in [-0.1, -0.05) is 0 Å². The molecule has 0 saturated heterocycles. The quantitative estimate of drug-likeness (QED) is 0.715. The summed E-state index contributed by atoms with van der Waals surface area (Å²) in [7, 11) is 3.37. The molecule has 0 spiro atoms. The van der Waals surface area contributed by atoms with Gasteiger partial charge < -0.3 is 10.2 Å². The highest BCUT2D eigenvalue weighted by molar-refractivity contribution is 5.90. The number of nitrogens with one attached hydrogen (secondary N) is 1. The van der Waals surface area contributed by atoms with Crippen LogP contribution in [0.2, 0.25) is 0 Å². The van der Waals surface area contributed by atoms with E-state index in [2.05, 4.69) is 20.5 Å². The molecule has 2 aromatic heterocycles. The van der Waals surface area contributed by atoms with Gasteiger partial charge in [0.15, 0.2) is 0 Å². The van der Waals surface area contributed by atoms with Gasteiger partial charge in [0.1, 0.15) is 12.1 Å². The average Bonchev–Trinajstić information content (AvgIpc) is 3.13. The van der Waals surface area contributed by atoms with Crippen LogP contribution in [0.15, 0.2) is 18.6 Å². The van der Waals surface area contributed by atoms with Crippen LogP contribution in [0.5, 0.6) is 0 Å². The summed E-state index contributed by atoms with van der Waals surface area (Å²) < 4.78 is 3.20. The van der Waals surface area contributed by atoms with Crippen molar-refractivity contribution in [1.82, 2.24) is 29.9 Å².